The zero-order chi connectivity index (χ0) is 22.4. The molecule has 8 heteroatoms. The molecule has 2 N–H and O–H groups in total. The summed E-state index contributed by atoms with van der Waals surface area (Å²) in [5.74, 6) is 1.35. The summed E-state index contributed by atoms with van der Waals surface area (Å²) in [4.78, 5) is 29.9. The van der Waals surface area contributed by atoms with Crippen LogP contribution in [0.15, 0.2) is 0 Å². The first-order valence-corrected chi connectivity index (χ1v) is 12.9. The Bertz CT molecular complexity index is 708. The molecule has 0 aromatic rings. The second-order valence-electron chi connectivity index (χ2n) is 11.0. The van der Waals surface area contributed by atoms with Crippen molar-refractivity contribution in [3.8, 4) is 0 Å². The molecule has 7 atom stereocenters. The lowest BCUT2D eigenvalue weighted by Crippen LogP contribution is -2.67. The van der Waals surface area contributed by atoms with E-state index in [2.05, 4.69) is 34.5 Å². The predicted molar refractivity (Wildman–Crippen MR) is 122 cm³/mol. The number of carbonyl (C=O) groups excluding carboxylic acids is 2. The van der Waals surface area contributed by atoms with Crippen LogP contribution in [0, 0.1) is 11.8 Å². The van der Waals surface area contributed by atoms with Crippen molar-refractivity contribution in [1.29, 1.82) is 0 Å². The number of rotatable bonds is 3. The third kappa shape index (κ3) is 4.50. The van der Waals surface area contributed by atoms with Gasteiger partial charge in [-0.3, -0.25) is 10.2 Å². The highest BCUT2D eigenvalue weighted by Crippen LogP contribution is 2.41. The molecule has 5 fully saturated rings. The molecular weight excluding hydrogens is 406 g/mol. The van der Waals surface area contributed by atoms with Crippen LogP contribution in [0.5, 0.6) is 0 Å². The van der Waals surface area contributed by atoms with Gasteiger partial charge in [0.15, 0.2) is 0 Å². The Morgan fingerprint density at radius 1 is 0.906 bits per heavy atom. The minimum Gasteiger partial charge on any atom is -0.445 e. The first-order chi connectivity index (χ1) is 15.4. The number of piperidine rings is 1. The molecule has 2 amide bonds. The molecule has 180 valence electrons. The van der Waals surface area contributed by atoms with Gasteiger partial charge in [-0.1, -0.05) is 0 Å². The molecule has 32 heavy (non-hydrogen) atoms. The van der Waals surface area contributed by atoms with E-state index in [-0.39, 0.29) is 36.2 Å². The van der Waals surface area contributed by atoms with Gasteiger partial charge in [-0.05, 0) is 70.6 Å². The van der Waals surface area contributed by atoms with Gasteiger partial charge < -0.3 is 19.9 Å². The van der Waals surface area contributed by atoms with Gasteiger partial charge in [0.05, 0.1) is 12.1 Å². The molecule has 0 aromatic carbocycles. The number of hydrazine groups is 1. The van der Waals surface area contributed by atoms with Gasteiger partial charge in [0.1, 0.15) is 6.10 Å². The van der Waals surface area contributed by atoms with Crippen molar-refractivity contribution >= 4 is 12.0 Å². The van der Waals surface area contributed by atoms with Crippen LogP contribution < -0.4 is 10.7 Å². The Morgan fingerprint density at radius 2 is 1.72 bits per heavy atom. The fourth-order valence-electron chi connectivity index (χ4n) is 6.72. The van der Waals surface area contributed by atoms with Crippen LogP contribution in [0.1, 0.15) is 65.7 Å². The molecule has 6 unspecified atom stereocenters. The van der Waals surface area contributed by atoms with E-state index in [1.54, 1.807) is 6.92 Å². The van der Waals surface area contributed by atoms with Crippen LogP contribution in [-0.2, 0) is 9.53 Å². The van der Waals surface area contributed by atoms with E-state index in [0.29, 0.717) is 24.4 Å². The van der Waals surface area contributed by atoms with Crippen molar-refractivity contribution in [2.24, 2.45) is 11.8 Å². The molecule has 0 bridgehead atoms. The minimum absolute atomic E-state index is 0.0286. The van der Waals surface area contributed by atoms with Gasteiger partial charge in [0.2, 0.25) is 5.91 Å². The first-order valence-electron chi connectivity index (χ1n) is 12.9. The van der Waals surface area contributed by atoms with Crippen molar-refractivity contribution in [2.45, 2.75) is 102 Å². The van der Waals surface area contributed by atoms with E-state index in [1.807, 2.05) is 4.90 Å². The van der Waals surface area contributed by atoms with E-state index in [9.17, 15) is 9.59 Å². The van der Waals surface area contributed by atoms with Gasteiger partial charge in [0.25, 0.3) is 0 Å². The molecule has 3 aliphatic heterocycles. The third-order valence-corrected chi connectivity index (χ3v) is 8.64. The molecule has 0 radical (unpaired) electrons. The molecule has 2 aliphatic carbocycles. The number of nitrogens with one attached hydrogen (secondary N) is 2. The van der Waals surface area contributed by atoms with Crippen molar-refractivity contribution < 1.29 is 14.3 Å². The fourth-order valence-corrected chi connectivity index (χ4v) is 6.72. The second-order valence-corrected chi connectivity index (χ2v) is 11.0. The summed E-state index contributed by atoms with van der Waals surface area (Å²) < 4.78 is 5.99. The lowest BCUT2D eigenvalue weighted by Gasteiger charge is -2.54. The molecule has 2 saturated carbocycles. The average Bonchev–Trinajstić information content (AvgIpc) is 3.50. The maximum atomic E-state index is 13.4. The van der Waals surface area contributed by atoms with Crippen LogP contribution in [0.25, 0.3) is 0 Å². The molecule has 0 spiro atoms. The van der Waals surface area contributed by atoms with Crippen LogP contribution in [-0.4, -0.2) is 89.3 Å². The molecule has 0 aromatic heterocycles. The molecule has 5 rings (SSSR count). The fraction of sp³-hybridized carbons (Fsp3) is 0.917. The number of piperazine rings is 1. The summed E-state index contributed by atoms with van der Waals surface area (Å²) in [6, 6.07) is 1.42. The summed E-state index contributed by atoms with van der Waals surface area (Å²) in [6.45, 7) is 9.39. The number of ether oxygens (including phenoxy) is 1. The first kappa shape index (κ1) is 22.4. The zero-order valence-corrected chi connectivity index (χ0v) is 20.0. The van der Waals surface area contributed by atoms with Crippen LogP contribution in [0.3, 0.4) is 0 Å². The molecule has 3 saturated heterocycles. The summed E-state index contributed by atoms with van der Waals surface area (Å²) in [6.07, 6.45) is 7.44. The van der Waals surface area contributed by atoms with Crippen molar-refractivity contribution in [1.82, 2.24) is 25.6 Å². The third-order valence-electron chi connectivity index (χ3n) is 8.64. The SMILES string of the molecule is CC(=O)N1C2CCC(C3CNN(C4CC4)C3)CC2N(C(=O)OC2CCC(C)NC2)C[C@@H]1C. The Morgan fingerprint density at radius 3 is 2.41 bits per heavy atom. The smallest absolute Gasteiger partial charge is 0.410 e. The van der Waals surface area contributed by atoms with Crippen LogP contribution >= 0.6 is 0 Å². The van der Waals surface area contributed by atoms with Gasteiger partial charge >= 0.3 is 6.09 Å². The van der Waals surface area contributed by atoms with Gasteiger partial charge in [0, 0.05) is 51.2 Å². The summed E-state index contributed by atoms with van der Waals surface area (Å²) in [7, 11) is 0. The highest BCUT2D eigenvalue weighted by atomic mass is 16.6. The maximum Gasteiger partial charge on any atom is 0.410 e. The predicted octanol–water partition coefficient (Wildman–Crippen LogP) is 1.95. The number of nitrogens with zero attached hydrogens (tertiary/aromatic N) is 3. The van der Waals surface area contributed by atoms with Crippen LogP contribution in [0.2, 0.25) is 0 Å². The number of carbonyl (C=O) groups is 2. The maximum absolute atomic E-state index is 13.4. The van der Waals surface area contributed by atoms with Crippen molar-refractivity contribution in [2.75, 3.05) is 26.2 Å². The Balaban J connectivity index is 1.28. The topological polar surface area (TPSA) is 77.2 Å². The lowest BCUT2D eigenvalue weighted by atomic mass is 9.73. The van der Waals surface area contributed by atoms with E-state index in [1.165, 1.54) is 12.8 Å². The molecular formula is C24H41N5O3. The zero-order valence-electron chi connectivity index (χ0n) is 20.0. The number of hydrogen-bond acceptors (Lipinski definition) is 6. The minimum atomic E-state index is -0.179. The quantitative estimate of drug-likeness (QED) is 0.689. The molecule has 5 aliphatic rings. The Hall–Kier alpha value is -1.38. The Labute approximate surface area is 192 Å². The highest BCUT2D eigenvalue weighted by Gasteiger charge is 2.49. The summed E-state index contributed by atoms with van der Waals surface area (Å²) in [5, 5.41) is 5.88. The van der Waals surface area contributed by atoms with Gasteiger partial charge in [-0.25, -0.2) is 9.80 Å². The molecule has 3 heterocycles. The lowest BCUT2D eigenvalue weighted by molar-refractivity contribution is -0.142. The number of amides is 2. The Kier molecular flexibility index (Phi) is 6.38. The largest absolute Gasteiger partial charge is 0.445 e. The second kappa shape index (κ2) is 9.11. The van der Waals surface area contributed by atoms with E-state index in [0.717, 1.165) is 57.8 Å². The average molecular weight is 448 g/mol. The standard InChI is InChI=1S/C24H41N5O3/c1-15-4-8-21(12-25-15)32-24(31)27-13-16(2)29(17(3)30)22-9-5-18(10-23(22)27)19-11-26-28(14-19)20-6-7-20/h15-16,18-23,25-26H,4-14H2,1-3H3/t15?,16-,18?,19?,21?,22?,23?/m0/s1. The van der Waals surface area contributed by atoms with Gasteiger partial charge in [-0.15, -0.1) is 0 Å². The molecule has 8 nitrogen and oxygen atoms in total. The normalized spacial score (nSPS) is 40.8. The summed E-state index contributed by atoms with van der Waals surface area (Å²) >= 11 is 0. The summed E-state index contributed by atoms with van der Waals surface area (Å²) in [5.41, 5.74) is 3.62. The number of fused-ring (bicyclic) bond motifs is 1. The van der Waals surface area contributed by atoms with E-state index < -0.39 is 0 Å². The monoisotopic (exact) mass is 447 g/mol. The van der Waals surface area contributed by atoms with Crippen molar-refractivity contribution in [3.05, 3.63) is 0 Å². The van der Waals surface area contributed by atoms with Crippen molar-refractivity contribution in [3.63, 3.8) is 0 Å². The highest BCUT2D eigenvalue weighted by molar-refractivity contribution is 5.75. The van der Waals surface area contributed by atoms with E-state index in [4.69, 9.17) is 4.74 Å². The van der Waals surface area contributed by atoms with Gasteiger partial charge in [-0.2, -0.15) is 0 Å². The van der Waals surface area contributed by atoms with E-state index >= 15 is 0 Å². The number of hydrogen-bond donors (Lipinski definition) is 2. The van der Waals surface area contributed by atoms with Crippen LogP contribution in [0.4, 0.5) is 4.79 Å².